The van der Waals surface area contributed by atoms with Crippen LogP contribution >= 0.6 is 11.6 Å². The lowest BCUT2D eigenvalue weighted by molar-refractivity contribution is -0.0686. The van der Waals surface area contributed by atoms with E-state index in [4.69, 9.17) is 35.3 Å². The summed E-state index contributed by atoms with van der Waals surface area (Å²) < 4.78 is 29.2. The standard InChI is InChI=1S/C32H32ClN5O5/c1-20-16-38(17-21(2)43-20)11-6-12-40-28-15-26-24(14-27(28)39-3)32(36-18-35-26)37-29-25(33)13-22(30-31(29)42-19-41-30)8-9-23-7-4-5-10-34-23/h4-5,7,10,13-15,18,20-21H,6,11-12,16-17,19H2,1-3H3,(H,35,36,37)/t20-,21+. The third-order valence-corrected chi connectivity index (χ3v) is 7.42. The molecule has 4 heterocycles. The summed E-state index contributed by atoms with van der Waals surface area (Å²) in [5.74, 6) is 8.82. The molecule has 0 radical (unpaired) electrons. The van der Waals surface area contributed by atoms with Gasteiger partial charge >= 0.3 is 0 Å². The van der Waals surface area contributed by atoms with Gasteiger partial charge in [0.1, 0.15) is 23.5 Å². The number of aromatic nitrogens is 3. The minimum absolute atomic E-state index is 0.0469. The minimum Gasteiger partial charge on any atom is -0.493 e. The van der Waals surface area contributed by atoms with E-state index in [2.05, 4.69) is 50.9 Å². The maximum Gasteiger partial charge on any atom is 0.231 e. The second-order valence-corrected chi connectivity index (χ2v) is 10.8. The fourth-order valence-electron chi connectivity index (χ4n) is 5.31. The molecular formula is C32H32ClN5O5. The van der Waals surface area contributed by atoms with Crippen LogP contribution in [-0.2, 0) is 4.74 Å². The summed E-state index contributed by atoms with van der Waals surface area (Å²) in [4.78, 5) is 15.6. The molecule has 1 fully saturated rings. The number of nitrogens with zero attached hydrogens (tertiary/aromatic N) is 4. The maximum absolute atomic E-state index is 6.74. The Morgan fingerprint density at radius 1 is 1.02 bits per heavy atom. The number of hydrogen-bond donors (Lipinski definition) is 1. The van der Waals surface area contributed by atoms with Gasteiger partial charge < -0.3 is 29.0 Å². The summed E-state index contributed by atoms with van der Waals surface area (Å²) in [5.41, 5.74) is 2.44. The molecule has 0 saturated carbocycles. The normalized spacial score (nSPS) is 17.8. The molecule has 0 amide bonds. The Morgan fingerprint density at radius 3 is 2.65 bits per heavy atom. The van der Waals surface area contributed by atoms with Crippen molar-refractivity contribution in [3.63, 3.8) is 0 Å². The molecule has 1 N–H and O–H groups in total. The molecule has 0 bridgehead atoms. The molecule has 0 aliphatic carbocycles. The van der Waals surface area contributed by atoms with Crippen LogP contribution in [0, 0.1) is 11.8 Å². The Balaban J connectivity index is 1.21. The largest absolute Gasteiger partial charge is 0.493 e. The smallest absolute Gasteiger partial charge is 0.231 e. The Bertz CT molecular complexity index is 1670. The van der Waals surface area contributed by atoms with Gasteiger partial charge in [0, 0.05) is 37.3 Å². The van der Waals surface area contributed by atoms with Crippen molar-refractivity contribution >= 4 is 34.0 Å². The Labute approximate surface area is 255 Å². The van der Waals surface area contributed by atoms with Crippen molar-refractivity contribution in [2.24, 2.45) is 0 Å². The molecule has 222 valence electrons. The number of ether oxygens (including phenoxy) is 5. The van der Waals surface area contributed by atoms with Crippen LogP contribution in [0.2, 0.25) is 5.02 Å². The van der Waals surface area contributed by atoms with Crippen molar-refractivity contribution in [3.05, 3.63) is 65.2 Å². The van der Waals surface area contributed by atoms with E-state index in [1.54, 1.807) is 19.4 Å². The summed E-state index contributed by atoms with van der Waals surface area (Å²) in [7, 11) is 1.61. The highest BCUT2D eigenvalue weighted by atomic mass is 35.5. The van der Waals surface area contributed by atoms with E-state index in [9.17, 15) is 0 Å². The molecule has 1 saturated heterocycles. The van der Waals surface area contributed by atoms with Crippen molar-refractivity contribution in [1.29, 1.82) is 0 Å². The highest BCUT2D eigenvalue weighted by Gasteiger charge is 2.26. The lowest BCUT2D eigenvalue weighted by Gasteiger charge is -2.35. The van der Waals surface area contributed by atoms with E-state index >= 15 is 0 Å². The molecule has 10 nitrogen and oxygen atoms in total. The van der Waals surface area contributed by atoms with Gasteiger partial charge in [0.25, 0.3) is 0 Å². The number of fused-ring (bicyclic) bond motifs is 2. The third-order valence-electron chi connectivity index (χ3n) is 7.12. The average molecular weight is 602 g/mol. The van der Waals surface area contributed by atoms with Gasteiger partial charge in [-0.25, -0.2) is 15.0 Å². The lowest BCUT2D eigenvalue weighted by Crippen LogP contribution is -2.45. The molecule has 43 heavy (non-hydrogen) atoms. The molecule has 6 rings (SSSR count). The fraction of sp³-hybridized carbons (Fsp3) is 0.344. The Morgan fingerprint density at radius 2 is 1.86 bits per heavy atom. The minimum atomic E-state index is 0.0469. The van der Waals surface area contributed by atoms with Crippen LogP contribution in [0.25, 0.3) is 10.9 Å². The zero-order valence-electron chi connectivity index (χ0n) is 24.2. The summed E-state index contributed by atoms with van der Waals surface area (Å²) in [6, 6.07) is 11.0. The van der Waals surface area contributed by atoms with Crippen LogP contribution in [0.4, 0.5) is 11.5 Å². The lowest BCUT2D eigenvalue weighted by atomic mass is 10.1. The van der Waals surface area contributed by atoms with Crippen LogP contribution in [0.3, 0.4) is 0 Å². The van der Waals surface area contributed by atoms with Crippen molar-refractivity contribution < 1.29 is 23.7 Å². The fourth-order valence-corrected chi connectivity index (χ4v) is 5.55. The van der Waals surface area contributed by atoms with Gasteiger partial charge in [-0.2, -0.15) is 0 Å². The molecule has 2 aliphatic heterocycles. The van der Waals surface area contributed by atoms with Gasteiger partial charge in [-0.15, -0.1) is 0 Å². The first kappa shape index (κ1) is 28.8. The van der Waals surface area contributed by atoms with Crippen LogP contribution in [0.1, 0.15) is 31.5 Å². The zero-order valence-corrected chi connectivity index (χ0v) is 25.0. The maximum atomic E-state index is 6.74. The SMILES string of the molecule is COc1cc2c(Nc3c(Cl)cc(C#Cc4ccccn4)c4c3OCO4)ncnc2cc1OCCCN1C[C@@H](C)O[C@@H](C)C1. The van der Waals surface area contributed by atoms with Crippen LogP contribution in [-0.4, -0.2) is 72.2 Å². The highest BCUT2D eigenvalue weighted by molar-refractivity contribution is 6.34. The Kier molecular flexibility index (Phi) is 8.65. The summed E-state index contributed by atoms with van der Waals surface area (Å²) >= 11 is 6.74. The van der Waals surface area contributed by atoms with Crippen molar-refractivity contribution in [3.8, 4) is 34.8 Å². The van der Waals surface area contributed by atoms with E-state index in [0.29, 0.717) is 62.9 Å². The predicted molar refractivity (Wildman–Crippen MR) is 164 cm³/mol. The summed E-state index contributed by atoms with van der Waals surface area (Å²) in [6.45, 7) is 7.62. The van der Waals surface area contributed by atoms with Gasteiger partial charge in [-0.05, 0) is 50.5 Å². The zero-order chi connectivity index (χ0) is 29.8. The molecule has 2 atom stereocenters. The van der Waals surface area contributed by atoms with Gasteiger partial charge in [0.05, 0.1) is 42.0 Å². The summed E-state index contributed by atoms with van der Waals surface area (Å²) in [6.07, 6.45) is 4.54. The highest BCUT2D eigenvalue weighted by Crippen LogP contribution is 2.47. The number of nitrogens with one attached hydrogen (secondary N) is 1. The first-order valence-electron chi connectivity index (χ1n) is 14.1. The molecular weight excluding hydrogens is 570 g/mol. The Hall–Kier alpha value is -4.30. The van der Waals surface area contributed by atoms with E-state index in [1.165, 1.54) is 6.33 Å². The number of morpholine rings is 1. The second kappa shape index (κ2) is 12.9. The number of rotatable bonds is 8. The van der Waals surface area contributed by atoms with Crippen LogP contribution in [0.15, 0.2) is 48.9 Å². The number of pyridine rings is 1. The van der Waals surface area contributed by atoms with Crippen molar-refractivity contribution in [2.45, 2.75) is 32.5 Å². The van der Waals surface area contributed by atoms with E-state index < -0.39 is 0 Å². The third kappa shape index (κ3) is 6.54. The van der Waals surface area contributed by atoms with Crippen molar-refractivity contribution in [2.75, 3.05) is 45.5 Å². The first-order chi connectivity index (χ1) is 21.0. The van der Waals surface area contributed by atoms with E-state index in [1.807, 2.05) is 30.3 Å². The van der Waals surface area contributed by atoms with E-state index in [0.717, 1.165) is 31.4 Å². The molecule has 2 aliphatic rings. The molecule has 2 aromatic carbocycles. The van der Waals surface area contributed by atoms with Gasteiger partial charge in [-0.1, -0.05) is 23.6 Å². The molecule has 0 unspecified atom stereocenters. The van der Waals surface area contributed by atoms with Gasteiger partial charge in [0.2, 0.25) is 6.79 Å². The van der Waals surface area contributed by atoms with Gasteiger partial charge in [-0.3, -0.25) is 4.90 Å². The van der Waals surface area contributed by atoms with Crippen LogP contribution in [0.5, 0.6) is 23.0 Å². The number of hydrogen-bond acceptors (Lipinski definition) is 10. The average Bonchev–Trinajstić information content (AvgIpc) is 3.50. The van der Waals surface area contributed by atoms with Gasteiger partial charge in [0.15, 0.2) is 23.0 Å². The topological polar surface area (TPSA) is 100 Å². The van der Waals surface area contributed by atoms with Crippen LogP contribution < -0.4 is 24.3 Å². The quantitative estimate of drug-likeness (QED) is 0.208. The molecule has 0 spiro atoms. The second-order valence-electron chi connectivity index (χ2n) is 10.4. The number of benzene rings is 2. The predicted octanol–water partition coefficient (Wildman–Crippen LogP) is 5.44. The van der Waals surface area contributed by atoms with E-state index in [-0.39, 0.29) is 19.0 Å². The molecule has 11 heteroatoms. The monoisotopic (exact) mass is 601 g/mol. The number of halogens is 1. The summed E-state index contributed by atoms with van der Waals surface area (Å²) in [5, 5.41) is 4.45. The van der Waals surface area contributed by atoms with Crippen molar-refractivity contribution in [1.82, 2.24) is 19.9 Å². The number of anilines is 2. The first-order valence-corrected chi connectivity index (χ1v) is 14.5. The number of methoxy groups -OCH3 is 1. The molecule has 2 aromatic heterocycles. The molecule has 4 aromatic rings.